The molecule has 3 aromatic carbocycles. The van der Waals surface area contributed by atoms with Crippen molar-refractivity contribution < 1.29 is 18.9 Å². The summed E-state index contributed by atoms with van der Waals surface area (Å²) in [5, 5.41) is 0. The summed E-state index contributed by atoms with van der Waals surface area (Å²) in [5.41, 5.74) is 5.24. The van der Waals surface area contributed by atoms with Crippen LogP contribution < -0.4 is 14.2 Å². The van der Waals surface area contributed by atoms with Crippen molar-refractivity contribution in [2.24, 2.45) is 5.92 Å². The average Bonchev–Trinajstić information content (AvgIpc) is 3.42. The van der Waals surface area contributed by atoms with Gasteiger partial charge in [-0.25, -0.2) is 0 Å². The lowest BCUT2D eigenvalue weighted by atomic mass is 9.86. The normalized spacial score (nSPS) is 23.2. The van der Waals surface area contributed by atoms with Crippen LogP contribution in [0.2, 0.25) is 0 Å². The molecule has 6 rings (SSSR count). The summed E-state index contributed by atoms with van der Waals surface area (Å²) in [4.78, 5) is 2.43. The van der Waals surface area contributed by atoms with E-state index in [4.69, 9.17) is 18.9 Å². The molecule has 0 aromatic heterocycles. The Labute approximate surface area is 252 Å². The fourth-order valence-corrected chi connectivity index (χ4v) is 6.45. The fraction of sp³-hybridized carbons (Fsp3) is 0.429. The molecule has 3 heterocycles. The van der Waals surface area contributed by atoms with Gasteiger partial charge in [-0.3, -0.25) is 4.90 Å². The molecule has 2 saturated heterocycles. The molecule has 3 aromatic rings. The van der Waals surface area contributed by atoms with E-state index < -0.39 is 0 Å². The number of nitrogens with zero attached hydrogens (tertiary/aromatic N) is 1. The van der Waals surface area contributed by atoms with Gasteiger partial charge in [0.05, 0.1) is 6.61 Å². The van der Waals surface area contributed by atoms with Crippen LogP contribution in [-0.4, -0.2) is 36.6 Å². The topological polar surface area (TPSA) is 40.2 Å². The molecule has 5 nitrogen and oxygen atoms in total. The largest absolute Gasteiger partial charge is 0.480 e. The van der Waals surface area contributed by atoms with Crippen LogP contribution in [0.3, 0.4) is 0 Å². The van der Waals surface area contributed by atoms with E-state index in [0.29, 0.717) is 5.92 Å². The van der Waals surface area contributed by atoms with Gasteiger partial charge >= 0.3 is 0 Å². The average molecular weight is 619 g/mol. The molecular formula is C35H40BrNO4. The van der Waals surface area contributed by atoms with E-state index in [9.17, 15) is 0 Å². The fourth-order valence-electron chi connectivity index (χ4n) is 6.18. The van der Waals surface area contributed by atoms with Crippen LogP contribution in [0.4, 0.5) is 0 Å². The van der Waals surface area contributed by atoms with Gasteiger partial charge in [0, 0.05) is 35.1 Å². The van der Waals surface area contributed by atoms with Gasteiger partial charge in [-0.15, -0.1) is 0 Å². The first-order valence-corrected chi connectivity index (χ1v) is 15.7. The zero-order valence-electron chi connectivity index (χ0n) is 24.5. The molecule has 216 valence electrons. The van der Waals surface area contributed by atoms with Gasteiger partial charge in [0.2, 0.25) is 0 Å². The molecule has 2 fully saturated rings. The van der Waals surface area contributed by atoms with Crippen LogP contribution in [0.5, 0.6) is 17.2 Å². The number of fused-ring (bicyclic) bond motifs is 1. The monoisotopic (exact) mass is 617 g/mol. The summed E-state index contributed by atoms with van der Waals surface area (Å²) in [6.45, 7) is 11.7. The van der Waals surface area contributed by atoms with Crippen molar-refractivity contribution in [3.05, 3.63) is 87.9 Å². The summed E-state index contributed by atoms with van der Waals surface area (Å²) in [7, 11) is 0. The van der Waals surface area contributed by atoms with Crippen LogP contribution in [0.15, 0.2) is 71.2 Å². The highest BCUT2D eigenvalue weighted by atomic mass is 79.9. The van der Waals surface area contributed by atoms with Crippen LogP contribution in [0, 0.1) is 5.92 Å². The molecule has 0 bridgehead atoms. The second-order valence-corrected chi connectivity index (χ2v) is 13.0. The molecule has 3 atom stereocenters. The third-order valence-corrected chi connectivity index (χ3v) is 9.09. The van der Waals surface area contributed by atoms with Crippen molar-refractivity contribution in [1.29, 1.82) is 0 Å². The standard InChI is InChI=1S/C35H40BrNO4/c1-23-18-19-37(22-23)35(3,4)41-28-14-10-26(11-15-28)34-33(25-8-12-27(36)13-9-25)24(2)30-21-29(16-17-31(30)40-34)39-32-7-5-6-20-38-32/h8-17,21,23,32,34H,5-7,18-20,22H2,1-4H3/t23-,32?,34+/m1/s1. The van der Waals surface area contributed by atoms with Crippen molar-refractivity contribution in [3.8, 4) is 17.2 Å². The lowest BCUT2D eigenvalue weighted by molar-refractivity contribution is -0.105. The Kier molecular flexibility index (Phi) is 8.17. The lowest BCUT2D eigenvalue weighted by Gasteiger charge is -2.36. The van der Waals surface area contributed by atoms with Gasteiger partial charge < -0.3 is 18.9 Å². The zero-order chi connectivity index (χ0) is 28.6. The molecule has 0 saturated carbocycles. The van der Waals surface area contributed by atoms with Gasteiger partial charge in [-0.1, -0.05) is 47.1 Å². The Morgan fingerprint density at radius 3 is 2.37 bits per heavy atom. The minimum absolute atomic E-state index is 0.186. The molecule has 0 amide bonds. The van der Waals surface area contributed by atoms with E-state index >= 15 is 0 Å². The number of halogens is 1. The van der Waals surface area contributed by atoms with Crippen molar-refractivity contribution in [2.75, 3.05) is 19.7 Å². The van der Waals surface area contributed by atoms with Gasteiger partial charge in [0.1, 0.15) is 23.4 Å². The zero-order valence-corrected chi connectivity index (χ0v) is 26.1. The Hall–Kier alpha value is -2.80. The van der Waals surface area contributed by atoms with Gasteiger partial charge in [-0.2, -0.15) is 0 Å². The highest BCUT2D eigenvalue weighted by molar-refractivity contribution is 9.10. The molecule has 3 aliphatic heterocycles. The van der Waals surface area contributed by atoms with E-state index in [0.717, 1.165) is 82.9 Å². The quantitative estimate of drug-likeness (QED) is 0.265. The number of ether oxygens (including phenoxy) is 4. The Morgan fingerprint density at radius 2 is 1.68 bits per heavy atom. The molecule has 0 N–H and O–H groups in total. The number of benzene rings is 3. The molecule has 6 heteroatoms. The summed E-state index contributed by atoms with van der Waals surface area (Å²) >= 11 is 3.59. The van der Waals surface area contributed by atoms with Crippen LogP contribution in [0.25, 0.3) is 11.1 Å². The maximum absolute atomic E-state index is 6.76. The highest BCUT2D eigenvalue weighted by Crippen LogP contribution is 2.48. The van der Waals surface area contributed by atoms with Crippen molar-refractivity contribution in [3.63, 3.8) is 0 Å². The highest BCUT2D eigenvalue weighted by Gasteiger charge is 2.34. The van der Waals surface area contributed by atoms with Crippen LogP contribution in [0.1, 0.15) is 76.2 Å². The van der Waals surface area contributed by atoms with E-state index in [2.05, 4.69) is 103 Å². The maximum Gasteiger partial charge on any atom is 0.199 e. The molecule has 0 radical (unpaired) electrons. The summed E-state index contributed by atoms with van der Waals surface area (Å²) in [6, 6.07) is 23.0. The minimum Gasteiger partial charge on any atom is -0.480 e. The van der Waals surface area contributed by atoms with Gasteiger partial charge in [-0.05, 0) is 105 Å². The lowest BCUT2D eigenvalue weighted by Crippen LogP contribution is -2.47. The first-order valence-electron chi connectivity index (χ1n) is 14.9. The smallest absolute Gasteiger partial charge is 0.199 e. The molecule has 0 aliphatic carbocycles. The predicted octanol–water partition coefficient (Wildman–Crippen LogP) is 8.88. The Balaban J connectivity index is 1.30. The second-order valence-electron chi connectivity index (χ2n) is 12.1. The minimum atomic E-state index is -0.353. The number of allylic oxidation sites excluding steroid dienone is 1. The summed E-state index contributed by atoms with van der Waals surface area (Å²) in [5.74, 6) is 3.24. The van der Waals surface area contributed by atoms with E-state index in [-0.39, 0.29) is 18.1 Å². The summed E-state index contributed by atoms with van der Waals surface area (Å²) in [6.07, 6.45) is 3.93. The molecule has 1 unspecified atom stereocenters. The number of hydrogen-bond acceptors (Lipinski definition) is 5. The summed E-state index contributed by atoms with van der Waals surface area (Å²) < 4.78 is 26.3. The van der Waals surface area contributed by atoms with Crippen LogP contribution in [-0.2, 0) is 4.74 Å². The second kappa shape index (κ2) is 11.8. The SMILES string of the molecule is CC1=C(c2ccc(Br)cc2)[C@H](c2ccc(OC(C)(C)N3CC[C@@H](C)C3)cc2)Oc2ccc(OC3CCCCO3)cc21. The van der Waals surface area contributed by atoms with E-state index in [1.807, 2.05) is 12.1 Å². The van der Waals surface area contributed by atoms with Crippen molar-refractivity contribution >= 4 is 27.1 Å². The molecule has 3 aliphatic rings. The maximum atomic E-state index is 6.76. The van der Waals surface area contributed by atoms with Gasteiger partial charge in [0.15, 0.2) is 12.0 Å². The number of rotatable bonds is 7. The number of likely N-dealkylation sites (tertiary alicyclic amines) is 1. The molecule has 41 heavy (non-hydrogen) atoms. The molecular weight excluding hydrogens is 578 g/mol. The Bertz CT molecular complexity index is 1390. The number of hydrogen-bond donors (Lipinski definition) is 0. The van der Waals surface area contributed by atoms with E-state index in [1.54, 1.807) is 0 Å². The third-order valence-electron chi connectivity index (χ3n) is 8.56. The van der Waals surface area contributed by atoms with Crippen molar-refractivity contribution in [2.45, 2.75) is 71.5 Å². The molecule has 0 spiro atoms. The van der Waals surface area contributed by atoms with E-state index in [1.165, 1.54) is 12.0 Å². The third kappa shape index (κ3) is 6.20. The first kappa shape index (κ1) is 28.3. The van der Waals surface area contributed by atoms with Crippen LogP contribution >= 0.6 is 15.9 Å². The first-order chi connectivity index (χ1) is 19.8. The Morgan fingerprint density at radius 1 is 0.927 bits per heavy atom. The van der Waals surface area contributed by atoms with Gasteiger partial charge in [0.25, 0.3) is 0 Å². The predicted molar refractivity (Wildman–Crippen MR) is 167 cm³/mol. The van der Waals surface area contributed by atoms with Crippen molar-refractivity contribution in [1.82, 2.24) is 4.90 Å².